The third kappa shape index (κ3) is 4.59. The lowest BCUT2D eigenvalue weighted by molar-refractivity contribution is -0.120. The van der Waals surface area contributed by atoms with Crippen LogP contribution in [-0.2, 0) is 4.79 Å². The number of ether oxygens (including phenoxy) is 1. The fourth-order valence-electron chi connectivity index (χ4n) is 2.77. The van der Waals surface area contributed by atoms with Crippen LogP contribution in [0.15, 0.2) is 22.7 Å². The van der Waals surface area contributed by atoms with Crippen molar-refractivity contribution in [1.82, 2.24) is 0 Å². The highest BCUT2D eigenvalue weighted by molar-refractivity contribution is 9.10. The molecule has 4 nitrogen and oxygen atoms in total. The smallest absolute Gasteiger partial charge is 0.227 e. The van der Waals surface area contributed by atoms with Crippen molar-refractivity contribution in [3.8, 4) is 5.75 Å². The molecule has 2 atom stereocenters. The fraction of sp³-hybridized carbons (Fsp3) is 0.533. The zero-order chi connectivity index (χ0) is 14.5. The minimum atomic E-state index is 0. The van der Waals surface area contributed by atoms with Gasteiger partial charge in [0.2, 0.25) is 5.91 Å². The number of nitrogens with two attached hydrogens (primary N) is 1. The van der Waals surface area contributed by atoms with E-state index in [9.17, 15) is 4.79 Å². The molecule has 0 aromatic heterocycles. The fourth-order valence-corrected chi connectivity index (χ4v) is 3.13. The molecular weight excluding hydrogens is 356 g/mol. The summed E-state index contributed by atoms with van der Waals surface area (Å²) < 4.78 is 6.46. The molecule has 2 rings (SSSR count). The third-order valence-electron chi connectivity index (χ3n) is 3.80. The van der Waals surface area contributed by atoms with Crippen LogP contribution in [-0.4, -0.2) is 19.1 Å². The molecule has 0 spiro atoms. The number of hydrogen-bond acceptors (Lipinski definition) is 3. The van der Waals surface area contributed by atoms with Gasteiger partial charge in [-0.15, -0.1) is 12.4 Å². The van der Waals surface area contributed by atoms with E-state index in [-0.39, 0.29) is 24.2 Å². The minimum absolute atomic E-state index is 0. The highest BCUT2D eigenvalue weighted by atomic mass is 79.9. The Morgan fingerprint density at radius 2 is 2.24 bits per heavy atom. The molecule has 6 heteroatoms. The van der Waals surface area contributed by atoms with Crippen molar-refractivity contribution < 1.29 is 9.53 Å². The van der Waals surface area contributed by atoms with Crippen LogP contribution in [0.5, 0.6) is 5.75 Å². The molecule has 0 unspecified atom stereocenters. The summed E-state index contributed by atoms with van der Waals surface area (Å²) in [6, 6.07) is 5.63. The topological polar surface area (TPSA) is 64.3 Å². The highest BCUT2D eigenvalue weighted by Crippen LogP contribution is 2.34. The highest BCUT2D eigenvalue weighted by Gasteiger charge is 2.32. The van der Waals surface area contributed by atoms with Gasteiger partial charge in [0.1, 0.15) is 5.75 Å². The SMILES string of the molecule is CCOc1ccc(Br)cc1NC(=O)[C@@H]1CCC[C@@H]1CN.Cl. The monoisotopic (exact) mass is 376 g/mol. The summed E-state index contributed by atoms with van der Waals surface area (Å²) >= 11 is 3.42. The van der Waals surface area contributed by atoms with Gasteiger partial charge in [0.25, 0.3) is 0 Å². The molecule has 1 amide bonds. The second-order valence-corrected chi connectivity index (χ2v) is 6.01. The van der Waals surface area contributed by atoms with E-state index in [1.807, 2.05) is 25.1 Å². The lowest BCUT2D eigenvalue weighted by Gasteiger charge is -2.19. The number of halogens is 2. The van der Waals surface area contributed by atoms with E-state index in [4.69, 9.17) is 10.5 Å². The predicted molar refractivity (Wildman–Crippen MR) is 91.1 cm³/mol. The average molecular weight is 378 g/mol. The van der Waals surface area contributed by atoms with Crippen molar-refractivity contribution in [3.63, 3.8) is 0 Å². The summed E-state index contributed by atoms with van der Waals surface area (Å²) in [5.74, 6) is 1.08. The maximum atomic E-state index is 12.4. The van der Waals surface area contributed by atoms with E-state index >= 15 is 0 Å². The molecule has 21 heavy (non-hydrogen) atoms. The van der Waals surface area contributed by atoms with Gasteiger partial charge in [-0.3, -0.25) is 4.79 Å². The Morgan fingerprint density at radius 1 is 1.48 bits per heavy atom. The standard InChI is InChI=1S/C15H21BrN2O2.ClH/c1-2-20-14-7-6-11(16)8-13(14)18-15(19)12-5-3-4-10(12)9-17;/h6-8,10,12H,2-5,9,17H2,1H3,(H,18,19);1H/t10-,12-;/m1./s1. The Balaban J connectivity index is 0.00000220. The number of benzene rings is 1. The van der Waals surface area contributed by atoms with Crippen LogP contribution >= 0.6 is 28.3 Å². The molecule has 1 aromatic rings. The molecule has 1 aliphatic rings. The lowest BCUT2D eigenvalue weighted by atomic mass is 9.95. The zero-order valence-electron chi connectivity index (χ0n) is 12.1. The summed E-state index contributed by atoms with van der Waals surface area (Å²) in [5, 5.41) is 2.99. The van der Waals surface area contributed by atoms with Crippen LogP contribution in [0.4, 0.5) is 5.69 Å². The number of nitrogens with one attached hydrogen (secondary N) is 1. The minimum Gasteiger partial charge on any atom is -0.492 e. The van der Waals surface area contributed by atoms with Gasteiger partial charge in [-0.2, -0.15) is 0 Å². The van der Waals surface area contributed by atoms with E-state index < -0.39 is 0 Å². The van der Waals surface area contributed by atoms with Crippen molar-refractivity contribution >= 4 is 39.9 Å². The second kappa shape index (κ2) is 8.61. The molecule has 0 bridgehead atoms. The average Bonchev–Trinajstić information content (AvgIpc) is 2.90. The molecule has 0 heterocycles. The quantitative estimate of drug-likeness (QED) is 0.824. The van der Waals surface area contributed by atoms with E-state index in [1.54, 1.807) is 0 Å². The van der Waals surface area contributed by atoms with Crippen molar-refractivity contribution in [3.05, 3.63) is 22.7 Å². The van der Waals surface area contributed by atoms with Crippen LogP contribution < -0.4 is 15.8 Å². The first-order valence-electron chi connectivity index (χ1n) is 7.09. The molecule has 118 valence electrons. The molecule has 0 saturated heterocycles. The Kier molecular flexibility index (Phi) is 7.49. The van der Waals surface area contributed by atoms with Gasteiger partial charge in [0.05, 0.1) is 12.3 Å². The number of carbonyl (C=O) groups is 1. The molecule has 0 radical (unpaired) electrons. The molecule has 1 fully saturated rings. The van der Waals surface area contributed by atoms with Gasteiger partial charge in [-0.1, -0.05) is 22.4 Å². The molecular formula is C15H22BrClN2O2. The van der Waals surface area contributed by atoms with Crippen molar-refractivity contribution in [2.45, 2.75) is 26.2 Å². The van der Waals surface area contributed by atoms with Crippen LogP contribution in [0.3, 0.4) is 0 Å². The van der Waals surface area contributed by atoms with Gasteiger partial charge in [0, 0.05) is 10.4 Å². The largest absolute Gasteiger partial charge is 0.492 e. The van der Waals surface area contributed by atoms with Crippen LogP contribution in [0.1, 0.15) is 26.2 Å². The molecule has 1 aromatic carbocycles. The summed E-state index contributed by atoms with van der Waals surface area (Å²) in [6.45, 7) is 3.07. The van der Waals surface area contributed by atoms with Crippen molar-refractivity contribution in [2.24, 2.45) is 17.6 Å². The summed E-state index contributed by atoms with van der Waals surface area (Å²) in [6.07, 6.45) is 3.05. The number of anilines is 1. The van der Waals surface area contributed by atoms with E-state index in [0.29, 0.717) is 30.5 Å². The maximum Gasteiger partial charge on any atom is 0.227 e. The number of amides is 1. The Hall–Kier alpha value is -0.780. The van der Waals surface area contributed by atoms with Crippen molar-refractivity contribution in [1.29, 1.82) is 0 Å². The van der Waals surface area contributed by atoms with Gasteiger partial charge in [0.15, 0.2) is 0 Å². The van der Waals surface area contributed by atoms with Gasteiger partial charge < -0.3 is 15.8 Å². The van der Waals surface area contributed by atoms with Gasteiger partial charge in [-0.05, 0) is 50.4 Å². The molecule has 3 N–H and O–H groups in total. The van der Waals surface area contributed by atoms with Crippen LogP contribution in [0, 0.1) is 11.8 Å². The van der Waals surface area contributed by atoms with Crippen molar-refractivity contribution in [2.75, 3.05) is 18.5 Å². The summed E-state index contributed by atoms with van der Waals surface area (Å²) in [5.41, 5.74) is 6.46. The zero-order valence-corrected chi connectivity index (χ0v) is 14.5. The Labute approximate surface area is 140 Å². The molecule has 1 aliphatic carbocycles. The molecule has 1 saturated carbocycles. The second-order valence-electron chi connectivity index (χ2n) is 5.10. The number of rotatable bonds is 5. The van der Waals surface area contributed by atoms with Gasteiger partial charge in [-0.25, -0.2) is 0 Å². The first-order valence-corrected chi connectivity index (χ1v) is 7.88. The third-order valence-corrected chi connectivity index (χ3v) is 4.29. The molecule has 0 aliphatic heterocycles. The van der Waals surface area contributed by atoms with E-state index in [1.165, 1.54) is 0 Å². The first-order chi connectivity index (χ1) is 9.65. The Bertz CT molecular complexity index is 485. The van der Waals surface area contributed by atoms with E-state index in [2.05, 4.69) is 21.2 Å². The predicted octanol–water partition coefficient (Wildman–Crippen LogP) is 3.58. The Morgan fingerprint density at radius 3 is 2.90 bits per heavy atom. The number of carbonyl (C=O) groups excluding carboxylic acids is 1. The summed E-state index contributed by atoms with van der Waals surface area (Å²) in [7, 11) is 0. The summed E-state index contributed by atoms with van der Waals surface area (Å²) in [4.78, 5) is 12.4. The van der Waals surface area contributed by atoms with Crippen LogP contribution in [0.25, 0.3) is 0 Å². The van der Waals surface area contributed by atoms with E-state index in [0.717, 1.165) is 23.7 Å². The maximum absolute atomic E-state index is 12.4. The lowest BCUT2D eigenvalue weighted by Crippen LogP contribution is -2.29. The normalized spacial score (nSPS) is 20.7. The van der Waals surface area contributed by atoms with Gasteiger partial charge >= 0.3 is 0 Å². The number of hydrogen-bond donors (Lipinski definition) is 2. The van der Waals surface area contributed by atoms with Crippen LogP contribution in [0.2, 0.25) is 0 Å². The first kappa shape index (κ1) is 18.3.